The Hall–Kier alpha value is -0.760. The van der Waals surface area contributed by atoms with E-state index in [1.54, 1.807) is 13.8 Å². The molecule has 0 saturated heterocycles. The van der Waals surface area contributed by atoms with E-state index in [0.29, 0.717) is 6.42 Å². The molecule has 1 aliphatic carbocycles. The quantitative estimate of drug-likeness (QED) is 0.777. The average molecular weight is 299 g/mol. The summed E-state index contributed by atoms with van der Waals surface area (Å²) in [5.74, 6) is -6.71. The number of carboxylic acid groups (broad SMARTS) is 1. The van der Waals surface area contributed by atoms with Gasteiger partial charge in [-0.3, -0.25) is 4.79 Å². The van der Waals surface area contributed by atoms with E-state index in [1.165, 1.54) is 0 Å². The van der Waals surface area contributed by atoms with E-state index in [9.17, 15) is 22.0 Å². The summed E-state index contributed by atoms with van der Waals surface area (Å²) in [6.07, 6.45) is 0.132. The Bertz CT molecular complexity index is 436. The molecule has 1 fully saturated rings. The van der Waals surface area contributed by atoms with Gasteiger partial charge in [0.25, 0.3) is 5.92 Å². The maximum Gasteiger partial charge on any atom is 0.321 e. The number of sulfonamides is 1. The number of hydrogen-bond donors (Lipinski definition) is 2. The first-order valence-corrected chi connectivity index (χ1v) is 7.81. The zero-order valence-corrected chi connectivity index (χ0v) is 11.7. The van der Waals surface area contributed by atoms with Crippen LogP contribution in [-0.2, 0) is 14.8 Å². The molecule has 0 aromatic carbocycles. The molecule has 2 atom stereocenters. The standard InChI is InChI=1S/C11H19F2NO4S/c1-7(2)9(10(15)16)14-19(17,18)6-8-4-3-5-11(8,12)13/h7-9,14H,3-6H2,1-2H3,(H,15,16). The largest absolute Gasteiger partial charge is 0.480 e. The van der Waals surface area contributed by atoms with Crippen LogP contribution in [0.5, 0.6) is 0 Å². The highest BCUT2D eigenvalue weighted by Gasteiger charge is 2.46. The number of alkyl halides is 2. The Labute approximate surface area is 111 Å². The van der Waals surface area contributed by atoms with E-state index in [0.717, 1.165) is 0 Å². The van der Waals surface area contributed by atoms with Crippen LogP contribution in [0.4, 0.5) is 8.78 Å². The molecule has 0 aromatic heterocycles. The third-order valence-corrected chi connectivity index (χ3v) is 4.77. The summed E-state index contributed by atoms with van der Waals surface area (Å²) >= 11 is 0. The highest BCUT2D eigenvalue weighted by Crippen LogP contribution is 2.40. The van der Waals surface area contributed by atoms with E-state index >= 15 is 0 Å². The molecule has 0 spiro atoms. The topological polar surface area (TPSA) is 83.5 Å². The molecule has 8 heteroatoms. The van der Waals surface area contributed by atoms with E-state index in [2.05, 4.69) is 0 Å². The number of hydrogen-bond acceptors (Lipinski definition) is 3. The lowest BCUT2D eigenvalue weighted by Gasteiger charge is -2.22. The van der Waals surface area contributed by atoms with Crippen molar-refractivity contribution >= 4 is 16.0 Å². The van der Waals surface area contributed by atoms with Crippen molar-refractivity contribution in [2.75, 3.05) is 5.75 Å². The zero-order chi connectivity index (χ0) is 14.8. The van der Waals surface area contributed by atoms with Crippen molar-refractivity contribution in [3.63, 3.8) is 0 Å². The third-order valence-electron chi connectivity index (χ3n) is 3.32. The number of carboxylic acids is 1. The van der Waals surface area contributed by atoms with E-state index < -0.39 is 45.5 Å². The summed E-state index contributed by atoms with van der Waals surface area (Å²) in [5, 5.41) is 8.90. The molecule has 0 amide bonds. The molecule has 1 rings (SSSR count). The Morgan fingerprint density at radius 1 is 1.47 bits per heavy atom. The van der Waals surface area contributed by atoms with Crippen LogP contribution in [-0.4, -0.2) is 37.2 Å². The van der Waals surface area contributed by atoms with E-state index in [-0.39, 0.29) is 12.8 Å². The molecule has 0 aromatic rings. The molecule has 2 unspecified atom stereocenters. The normalized spacial score (nSPS) is 24.6. The smallest absolute Gasteiger partial charge is 0.321 e. The lowest BCUT2D eigenvalue weighted by molar-refractivity contribution is -0.140. The van der Waals surface area contributed by atoms with Crippen molar-refractivity contribution in [2.45, 2.75) is 45.1 Å². The maximum atomic E-state index is 13.4. The van der Waals surface area contributed by atoms with E-state index in [4.69, 9.17) is 5.11 Å². The molecular weight excluding hydrogens is 280 g/mol. The molecule has 0 aliphatic heterocycles. The molecular formula is C11H19F2NO4S. The summed E-state index contributed by atoms with van der Waals surface area (Å²) in [5.41, 5.74) is 0. The van der Waals surface area contributed by atoms with Crippen LogP contribution in [0.15, 0.2) is 0 Å². The molecule has 0 bridgehead atoms. The van der Waals surface area contributed by atoms with Gasteiger partial charge in [-0.25, -0.2) is 21.9 Å². The van der Waals surface area contributed by atoms with Gasteiger partial charge in [0.1, 0.15) is 6.04 Å². The number of rotatable bonds is 6. The number of nitrogens with one attached hydrogen (secondary N) is 1. The van der Waals surface area contributed by atoms with Gasteiger partial charge in [-0.15, -0.1) is 0 Å². The second kappa shape index (κ2) is 5.70. The summed E-state index contributed by atoms with van der Waals surface area (Å²) < 4.78 is 52.3. The third kappa shape index (κ3) is 4.38. The Balaban J connectivity index is 2.74. The van der Waals surface area contributed by atoms with Gasteiger partial charge >= 0.3 is 5.97 Å². The lowest BCUT2D eigenvalue weighted by atomic mass is 10.1. The van der Waals surface area contributed by atoms with Crippen molar-refractivity contribution in [3.05, 3.63) is 0 Å². The van der Waals surface area contributed by atoms with Gasteiger partial charge in [0, 0.05) is 12.3 Å². The molecule has 112 valence electrons. The van der Waals surface area contributed by atoms with Gasteiger partial charge in [-0.05, 0) is 18.8 Å². The second-order valence-electron chi connectivity index (χ2n) is 5.31. The first-order chi connectivity index (χ1) is 8.55. The van der Waals surface area contributed by atoms with Crippen LogP contribution < -0.4 is 4.72 Å². The Morgan fingerprint density at radius 3 is 2.42 bits per heavy atom. The van der Waals surface area contributed by atoms with Gasteiger partial charge in [0.15, 0.2) is 0 Å². The minimum absolute atomic E-state index is 0.146. The van der Waals surface area contributed by atoms with E-state index in [1.807, 2.05) is 4.72 Å². The van der Waals surface area contributed by atoms with Crippen molar-refractivity contribution in [2.24, 2.45) is 11.8 Å². The van der Waals surface area contributed by atoms with Crippen LogP contribution in [0.2, 0.25) is 0 Å². The molecule has 1 saturated carbocycles. The first kappa shape index (κ1) is 16.3. The lowest BCUT2D eigenvalue weighted by Crippen LogP contribution is -2.46. The Kier molecular flexibility index (Phi) is 4.89. The number of aliphatic carboxylic acids is 1. The predicted octanol–water partition coefficient (Wildman–Crippen LogP) is 1.45. The summed E-state index contributed by atoms with van der Waals surface area (Å²) in [6.45, 7) is 3.09. The predicted molar refractivity (Wildman–Crippen MR) is 65.5 cm³/mol. The molecule has 0 radical (unpaired) electrons. The minimum atomic E-state index is -4.04. The van der Waals surface area contributed by atoms with Crippen LogP contribution >= 0.6 is 0 Å². The van der Waals surface area contributed by atoms with Crippen LogP contribution in [0.25, 0.3) is 0 Å². The number of halogens is 2. The average Bonchev–Trinajstić information content (AvgIpc) is 2.53. The van der Waals surface area contributed by atoms with Crippen molar-refractivity contribution in [1.82, 2.24) is 4.72 Å². The van der Waals surface area contributed by atoms with Gasteiger partial charge in [-0.1, -0.05) is 13.8 Å². The minimum Gasteiger partial charge on any atom is -0.480 e. The highest BCUT2D eigenvalue weighted by molar-refractivity contribution is 7.89. The molecule has 5 nitrogen and oxygen atoms in total. The summed E-state index contributed by atoms with van der Waals surface area (Å²) in [6, 6.07) is -1.29. The fraction of sp³-hybridized carbons (Fsp3) is 0.909. The zero-order valence-electron chi connectivity index (χ0n) is 10.9. The monoisotopic (exact) mass is 299 g/mol. The molecule has 1 aliphatic rings. The maximum absolute atomic E-state index is 13.4. The highest BCUT2D eigenvalue weighted by atomic mass is 32.2. The second-order valence-corrected chi connectivity index (χ2v) is 7.11. The molecule has 19 heavy (non-hydrogen) atoms. The Morgan fingerprint density at radius 2 is 2.05 bits per heavy atom. The van der Waals surface area contributed by atoms with Crippen LogP contribution in [0.3, 0.4) is 0 Å². The van der Waals surface area contributed by atoms with Crippen molar-refractivity contribution in [3.8, 4) is 0 Å². The van der Waals surface area contributed by atoms with Crippen molar-refractivity contribution < 1.29 is 27.1 Å². The summed E-state index contributed by atoms with van der Waals surface area (Å²) in [4.78, 5) is 10.9. The van der Waals surface area contributed by atoms with Crippen molar-refractivity contribution in [1.29, 1.82) is 0 Å². The van der Waals surface area contributed by atoms with Crippen LogP contribution in [0, 0.1) is 11.8 Å². The molecule has 2 N–H and O–H groups in total. The first-order valence-electron chi connectivity index (χ1n) is 6.16. The number of carbonyl (C=O) groups is 1. The van der Waals surface area contributed by atoms with Crippen LogP contribution in [0.1, 0.15) is 33.1 Å². The van der Waals surface area contributed by atoms with Gasteiger partial charge < -0.3 is 5.11 Å². The fourth-order valence-corrected chi connectivity index (χ4v) is 3.98. The summed E-state index contributed by atoms with van der Waals surface area (Å²) in [7, 11) is -4.04. The van der Waals surface area contributed by atoms with Gasteiger partial charge in [0.05, 0.1) is 5.75 Å². The van der Waals surface area contributed by atoms with Gasteiger partial charge in [0.2, 0.25) is 10.0 Å². The van der Waals surface area contributed by atoms with Gasteiger partial charge in [-0.2, -0.15) is 0 Å². The fourth-order valence-electron chi connectivity index (χ4n) is 2.18. The SMILES string of the molecule is CC(C)C(NS(=O)(=O)CC1CCCC1(F)F)C(=O)O. The molecule has 0 heterocycles.